The zero-order chi connectivity index (χ0) is 19.2. The highest BCUT2D eigenvalue weighted by atomic mass is 16.3. The lowest BCUT2D eigenvalue weighted by Crippen LogP contribution is -2.14. The van der Waals surface area contributed by atoms with E-state index >= 15 is 0 Å². The van der Waals surface area contributed by atoms with Crippen molar-refractivity contribution in [1.29, 1.82) is 0 Å². The van der Waals surface area contributed by atoms with E-state index in [0.717, 1.165) is 5.69 Å². The van der Waals surface area contributed by atoms with Crippen LogP contribution >= 0.6 is 0 Å². The number of aromatic nitrogens is 2. The molecule has 0 aliphatic heterocycles. The summed E-state index contributed by atoms with van der Waals surface area (Å²) in [6.07, 6.45) is 4.13. The number of allylic oxidation sites excluding steroid dienone is 1. The topological polar surface area (TPSA) is 70.7 Å². The quantitative estimate of drug-likeness (QED) is 0.411. The first-order chi connectivity index (χ1) is 13.1. The van der Waals surface area contributed by atoms with Gasteiger partial charge in [0.05, 0.1) is 28.3 Å². The van der Waals surface area contributed by atoms with Crippen molar-refractivity contribution in [2.45, 2.75) is 13.8 Å². The first kappa shape index (κ1) is 18.1. The van der Waals surface area contributed by atoms with E-state index in [1.807, 2.05) is 55.5 Å². The van der Waals surface area contributed by atoms with E-state index in [4.69, 9.17) is 0 Å². The first-order valence-electron chi connectivity index (χ1n) is 8.47. The van der Waals surface area contributed by atoms with Gasteiger partial charge in [-0.3, -0.25) is 4.79 Å². The molecule has 3 rings (SSSR count). The molecule has 2 aromatic carbocycles. The summed E-state index contributed by atoms with van der Waals surface area (Å²) in [7, 11) is 0. The van der Waals surface area contributed by atoms with E-state index in [2.05, 4.69) is 10.2 Å². The summed E-state index contributed by atoms with van der Waals surface area (Å²) in [5, 5.41) is 20.5. The van der Waals surface area contributed by atoms with Gasteiger partial charge < -0.3 is 5.11 Å². The molecular formula is C21H20N4O2. The number of hydrogen-bond acceptors (Lipinski definition) is 4. The van der Waals surface area contributed by atoms with Crippen LogP contribution in [-0.4, -0.2) is 27.0 Å². The Morgan fingerprint density at radius 1 is 1.11 bits per heavy atom. The average Bonchev–Trinajstić information content (AvgIpc) is 2.99. The second-order valence-corrected chi connectivity index (χ2v) is 5.93. The van der Waals surface area contributed by atoms with Gasteiger partial charge in [-0.15, -0.1) is 0 Å². The van der Waals surface area contributed by atoms with Gasteiger partial charge in [-0.05, 0) is 50.3 Å². The van der Waals surface area contributed by atoms with Gasteiger partial charge in [0.1, 0.15) is 0 Å². The number of benzene rings is 2. The van der Waals surface area contributed by atoms with Gasteiger partial charge in [-0.1, -0.05) is 36.4 Å². The number of carbonyl (C=O) groups is 1. The molecule has 27 heavy (non-hydrogen) atoms. The highest BCUT2D eigenvalue weighted by Gasteiger charge is 2.13. The van der Waals surface area contributed by atoms with Crippen LogP contribution in [0.15, 0.2) is 71.8 Å². The summed E-state index contributed by atoms with van der Waals surface area (Å²) in [5.41, 5.74) is 3.36. The number of para-hydroxylation sites is 2. The van der Waals surface area contributed by atoms with Crippen molar-refractivity contribution in [3.8, 4) is 11.6 Å². The highest BCUT2D eigenvalue weighted by Crippen LogP contribution is 2.25. The van der Waals surface area contributed by atoms with Crippen molar-refractivity contribution in [1.82, 2.24) is 9.78 Å². The second kappa shape index (κ2) is 8.14. The molecule has 0 fully saturated rings. The number of amides is 1. The van der Waals surface area contributed by atoms with Crippen molar-refractivity contribution in [2.24, 2.45) is 5.10 Å². The Balaban J connectivity index is 1.85. The molecule has 1 aromatic heterocycles. The van der Waals surface area contributed by atoms with Gasteiger partial charge >= 0.3 is 0 Å². The molecular weight excluding hydrogens is 340 g/mol. The zero-order valence-corrected chi connectivity index (χ0v) is 15.1. The second-order valence-electron chi connectivity index (χ2n) is 5.93. The Bertz CT molecular complexity index is 976. The predicted molar refractivity (Wildman–Crippen MR) is 107 cm³/mol. The fourth-order valence-corrected chi connectivity index (χ4v) is 2.60. The summed E-state index contributed by atoms with van der Waals surface area (Å²) in [5.74, 6) is 0.0538. The van der Waals surface area contributed by atoms with Crippen molar-refractivity contribution < 1.29 is 9.90 Å². The number of hydrazone groups is 1. The van der Waals surface area contributed by atoms with Crippen LogP contribution in [0.1, 0.15) is 18.2 Å². The average molecular weight is 360 g/mol. The van der Waals surface area contributed by atoms with E-state index in [-0.39, 0.29) is 5.88 Å². The Kier molecular flexibility index (Phi) is 5.47. The van der Waals surface area contributed by atoms with Gasteiger partial charge in [0.2, 0.25) is 12.3 Å². The third-order valence-corrected chi connectivity index (χ3v) is 3.96. The van der Waals surface area contributed by atoms with Crippen molar-refractivity contribution in [3.05, 3.63) is 78.0 Å². The van der Waals surface area contributed by atoms with Crippen LogP contribution in [0.2, 0.25) is 0 Å². The summed E-state index contributed by atoms with van der Waals surface area (Å²) in [6, 6.07) is 18.6. The number of nitrogens with zero attached hydrogens (tertiary/aromatic N) is 4. The molecule has 0 bridgehead atoms. The molecule has 0 saturated carbocycles. The molecule has 0 spiro atoms. The Morgan fingerprint density at radius 3 is 2.37 bits per heavy atom. The number of carbonyl (C=O) groups excluding carboxylic acids is 1. The molecule has 136 valence electrons. The van der Waals surface area contributed by atoms with E-state index in [0.29, 0.717) is 29.1 Å². The zero-order valence-electron chi connectivity index (χ0n) is 15.1. The molecule has 1 heterocycles. The SMILES string of the molecule is CC(/C=C/c1c(C)nn(-c2ccccc2)c1O)=N/N(C=O)c1ccccc1. The maximum atomic E-state index is 11.3. The molecule has 0 atom stereocenters. The number of rotatable bonds is 6. The minimum absolute atomic E-state index is 0.0538. The first-order valence-corrected chi connectivity index (χ1v) is 8.47. The fourth-order valence-electron chi connectivity index (χ4n) is 2.60. The maximum absolute atomic E-state index is 11.3. The lowest BCUT2D eigenvalue weighted by atomic mass is 10.2. The summed E-state index contributed by atoms with van der Waals surface area (Å²) in [4.78, 5) is 11.3. The van der Waals surface area contributed by atoms with Crippen LogP contribution in [-0.2, 0) is 4.79 Å². The lowest BCUT2D eigenvalue weighted by molar-refractivity contribution is -0.107. The maximum Gasteiger partial charge on any atom is 0.234 e. The predicted octanol–water partition coefficient (Wildman–Crippen LogP) is 3.94. The summed E-state index contributed by atoms with van der Waals surface area (Å²) < 4.78 is 1.49. The Hall–Kier alpha value is -3.67. The van der Waals surface area contributed by atoms with E-state index in [9.17, 15) is 9.90 Å². The van der Waals surface area contributed by atoms with E-state index < -0.39 is 0 Å². The monoisotopic (exact) mass is 360 g/mol. The number of aryl methyl sites for hydroxylation is 1. The minimum Gasteiger partial charge on any atom is -0.493 e. The molecule has 0 unspecified atom stereocenters. The van der Waals surface area contributed by atoms with Gasteiger partial charge in [0.15, 0.2) is 0 Å². The van der Waals surface area contributed by atoms with Crippen molar-refractivity contribution >= 4 is 23.9 Å². The van der Waals surface area contributed by atoms with Crippen LogP contribution < -0.4 is 5.01 Å². The largest absolute Gasteiger partial charge is 0.493 e. The van der Waals surface area contributed by atoms with Gasteiger partial charge in [0, 0.05) is 0 Å². The van der Waals surface area contributed by atoms with Crippen molar-refractivity contribution in [2.75, 3.05) is 5.01 Å². The lowest BCUT2D eigenvalue weighted by Gasteiger charge is -2.11. The van der Waals surface area contributed by atoms with Gasteiger partial charge in [0.25, 0.3) is 0 Å². The molecule has 1 amide bonds. The third-order valence-electron chi connectivity index (χ3n) is 3.96. The Morgan fingerprint density at radius 2 is 1.74 bits per heavy atom. The molecule has 6 nitrogen and oxygen atoms in total. The van der Waals surface area contributed by atoms with E-state index in [1.165, 1.54) is 9.69 Å². The molecule has 1 N–H and O–H groups in total. The smallest absolute Gasteiger partial charge is 0.234 e. The van der Waals surface area contributed by atoms with Gasteiger partial charge in [-0.2, -0.15) is 10.2 Å². The fraction of sp³-hybridized carbons (Fsp3) is 0.0952. The molecule has 3 aromatic rings. The van der Waals surface area contributed by atoms with E-state index in [1.54, 1.807) is 31.2 Å². The Labute approximate surface area is 157 Å². The molecule has 0 aliphatic rings. The molecule has 6 heteroatoms. The van der Waals surface area contributed by atoms with Crippen LogP contribution in [0.4, 0.5) is 5.69 Å². The third kappa shape index (κ3) is 4.12. The minimum atomic E-state index is 0.0538. The van der Waals surface area contributed by atoms with Crippen LogP contribution in [0.3, 0.4) is 0 Å². The number of aromatic hydroxyl groups is 1. The molecule has 0 radical (unpaired) electrons. The van der Waals surface area contributed by atoms with Gasteiger partial charge in [-0.25, -0.2) is 9.69 Å². The number of hydrogen-bond donors (Lipinski definition) is 1. The van der Waals surface area contributed by atoms with Crippen LogP contribution in [0, 0.1) is 6.92 Å². The van der Waals surface area contributed by atoms with Crippen LogP contribution in [0.5, 0.6) is 5.88 Å². The number of anilines is 1. The summed E-state index contributed by atoms with van der Waals surface area (Å²) >= 11 is 0. The summed E-state index contributed by atoms with van der Waals surface area (Å²) in [6.45, 7) is 3.61. The van der Waals surface area contributed by atoms with Crippen LogP contribution in [0.25, 0.3) is 11.8 Å². The normalized spacial score (nSPS) is 11.7. The van der Waals surface area contributed by atoms with Crippen molar-refractivity contribution in [3.63, 3.8) is 0 Å². The highest BCUT2D eigenvalue weighted by molar-refractivity contribution is 5.98. The standard InChI is InChI=1S/C21H20N4O2/c1-16(22-24(15-26)18-9-5-3-6-10-18)13-14-20-17(2)23-25(21(20)27)19-11-7-4-8-12-19/h3-15,27H,1-2H3/b14-13+,22-16-. The molecule has 0 saturated heterocycles. The molecule has 0 aliphatic carbocycles.